The number of carbonyl (C=O) groups is 1. The molecule has 1 aliphatic rings. The Balaban J connectivity index is 1.62. The van der Waals surface area contributed by atoms with Crippen LogP contribution in [0.2, 0.25) is 0 Å². The average Bonchev–Trinajstić information content (AvgIpc) is 2.59. The van der Waals surface area contributed by atoms with Gasteiger partial charge in [-0.25, -0.2) is 4.98 Å². The summed E-state index contributed by atoms with van der Waals surface area (Å²) in [5, 5.41) is 3.40. The molecule has 6 heteroatoms. The van der Waals surface area contributed by atoms with E-state index in [1.807, 2.05) is 6.07 Å². The quantitative estimate of drug-likeness (QED) is 0.798. The minimum Gasteiger partial charge on any atom is -0.354 e. The second-order valence-electron chi connectivity index (χ2n) is 6.05. The van der Waals surface area contributed by atoms with Gasteiger partial charge in [-0.2, -0.15) is 0 Å². The SMILES string of the molecule is O=C(Cn1cnc2ccc(Br)cc2c1=O)NCCC1=CCCCC1. The van der Waals surface area contributed by atoms with Crippen LogP contribution in [-0.2, 0) is 11.3 Å². The molecule has 0 saturated heterocycles. The number of hydrogen-bond donors (Lipinski definition) is 1. The van der Waals surface area contributed by atoms with Gasteiger partial charge in [-0.05, 0) is 50.3 Å². The standard InChI is InChI=1S/C18H20BrN3O2/c19-14-6-7-16-15(10-14)18(24)22(12-21-16)11-17(23)20-9-8-13-4-2-1-3-5-13/h4,6-7,10,12H,1-3,5,8-9,11H2,(H,20,23). The molecule has 0 fully saturated rings. The third-order valence-electron chi connectivity index (χ3n) is 4.25. The number of hydrogen-bond acceptors (Lipinski definition) is 3. The zero-order valence-corrected chi connectivity index (χ0v) is 15.0. The van der Waals surface area contributed by atoms with Gasteiger partial charge in [0.1, 0.15) is 6.54 Å². The van der Waals surface area contributed by atoms with Crippen LogP contribution < -0.4 is 10.9 Å². The Kier molecular flexibility index (Phi) is 5.45. The third kappa shape index (κ3) is 4.12. The Morgan fingerprint density at radius 2 is 2.21 bits per heavy atom. The van der Waals surface area contributed by atoms with Gasteiger partial charge >= 0.3 is 0 Å². The molecule has 1 aliphatic carbocycles. The molecular weight excluding hydrogens is 370 g/mol. The molecule has 0 aliphatic heterocycles. The number of nitrogens with zero attached hydrogens (tertiary/aromatic N) is 2. The Labute approximate surface area is 148 Å². The van der Waals surface area contributed by atoms with E-state index < -0.39 is 0 Å². The third-order valence-corrected chi connectivity index (χ3v) is 4.75. The zero-order valence-electron chi connectivity index (χ0n) is 13.4. The summed E-state index contributed by atoms with van der Waals surface area (Å²) in [6, 6.07) is 5.35. The molecule has 3 rings (SSSR count). The molecule has 0 spiro atoms. The van der Waals surface area contributed by atoms with Crippen LogP contribution in [0.1, 0.15) is 32.1 Å². The second kappa shape index (κ2) is 7.75. The minimum atomic E-state index is -0.202. The molecular formula is C18H20BrN3O2. The van der Waals surface area contributed by atoms with Gasteiger partial charge in [-0.15, -0.1) is 0 Å². The van der Waals surface area contributed by atoms with Gasteiger partial charge in [0.25, 0.3) is 5.56 Å². The van der Waals surface area contributed by atoms with E-state index in [0.717, 1.165) is 23.7 Å². The molecule has 0 bridgehead atoms. The van der Waals surface area contributed by atoms with Crippen LogP contribution >= 0.6 is 15.9 Å². The van der Waals surface area contributed by atoms with Gasteiger partial charge in [0.05, 0.1) is 17.2 Å². The summed E-state index contributed by atoms with van der Waals surface area (Å²) in [6.07, 6.45) is 9.41. The molecule has 0 atom stereocenters. The first-order valence-electron chi connectivity index (χ1n) is 8.23. The Hall–Kier alpha value is -1.95. The number of benzene rings is 1. The first kappa shape index (κ1) is 16.9. The van der Waals surface area contributed by atoms with Crippen molar-refractivity contribution in [2.75, 3.05) is 6.54 Å². The summed E-state index contributed by atoms with van der Waals surface area (Å²) in [7, 11) is 0. The number of halogens is 1. The Morgan fingerprint density at radius 1 is 1.33 bits per heavy atom. The molecule has 24 heavy (non-hydrogen) atoms. The van der Waals surface area contributed by atoms with Crippen molar-refractivity contribution in [2.45, 2.75) is 38.6 Å². The topological polar surface area (TPSA) is 64.0 Å². The van der Waals surface area contributed by atoms with Crippen molar-refractivity contribution < 1.29 is 4.79 Å². The van der Waals surface area contributed by atoms with Crippen molar-refractivity contribution >= 4 is 32.7 Å². The maximum Gasteiger partial charge on any atom is 0.261 e. The molecule has 1 aromatic carbocycles. The molecule has 2 aromatic rings. The lowest BCUT2D eigenvalue weighted by molar-refractivity contribution is -0.121. The van der Waals surface area contributed by atoms with E-state index in [2.05, 4.69) is 32.3 Å². The first-order chi connectivity index (χ1) is 11.6. The van der Waals surface area contributed by atoms with Gasteiger partial charge in [-0.1, -0.05) is 27.6 Å². The van der Waals surface area contributed by atoms with E-state index in [1.165, 1.54) is 29.3 Å². The Morgan fingerprint density at radius 3 is 3.00 bits per heavy atom. The normalized spacial score (nSPS) is 14.5. The number of amides is 1. The molecule has 1 aromatic heterocycles. The fourth-order valence-electron chi connectivity index (χ4n) is 2.95. The van der Waals surface area contributed by atoms with Crippen LogP contribution in [0.25, 0.3) is 10.9 Å². The minimum absolute atomic E-state index is 0.00661. The predicted molar refractivity (Wildman–Crippen MR) is 97.9 cm³/mol. The summed E-state index contributed by atoms with van der Waals surface area (Å²) in [5.74, 6) is -0.162. The monoisotopic (exact) mass is 389 g/mol. The number of fused-ring (bicyclic) bond motifs is 1. The number of nitrogens with one attached hydrogen (secondary N) is 1. The van der Waals surface area contributed by atoms with Crippen LogP contribution in [0.3, 0.4) is 0 Å². The maximum absolute atomic E-state index is 12.5. The highest BCUT2D eigenvalue weighted by Gasteiger charge is 2.09. The number of aromatic nitrogens is 2. The van der Waals surface area contributed by atoms with Crippen molar-refractivity contribution in [1.82, 2.24) is 14.9 Å². The van der Waals surface area contributed by atoms with Crippen LogP contribution in [0.5, 0.6) is 0 Å². The fraction of sp³-hybridized carbons (Fsp3) is 0.389. The number of rotatable bonds is 5. The summed E-state index contributed by atoms with van der Waals surface area (Å²) in [4.78, 5) is 28.8. The number of allylic oxidation sites excluding steroid dienone is 1. The highest BCUT2D eigenvalue weighted by Crippen LogP contribution is 2.19. The van der Waals surface area contributed by atoms with E-state index in [-0.39, 0.29) is 18.0 Å². The first-order valence-corrected chi connectivity index (χ1v) is 9.02. The predicted octanol–water partition coefficient (Wildman–Crippen LogP) is 3.17. The lowest BCUT2D eigenvalue weighted by Gasteiger charge is -2.13. The lowest BCUT2D eigenvalue weighted by atomic mass is 9.97. The van der Waals surface area contributed by atoms with E-state index in [1.54, 1.807) is 12.1 Å². The van der Waals surface area contributed by atoms with E-state index in [9.17, 15) is 9.59 Å². The molecule has 1 heterocycles. The Bertz CT molecular complexity index is 842. The summed E-state index contributed by atoms with van der Waals surface area (Å²) in [5.41, 5.74) is 1.85. The van der Waals surface area contributed by atoms with E-state index in [4.69, 9.17) is 0 Å². The average molecular weight is 390 g/mol. The summed E-state index contributed by atoms with van der Waals surface area (Å²) in [6.45, 7) is 0.610. The van der Waals surface area contributed by atoms with Gasteiger partial charge in [0.2, 0.25) is 5.91 Å². The molecule has 126 valence electrons. The summed E-state index contributed by atoms with van der Waals surface area (Å²) < 4.78 is 2.17. The summed E-state index contributed by atoms with van der Waals surface area (Å²) >= 11 is 3.35. The molecule has 0 saturated carbocycles. The maximum atomic E-state index is 12.5. The smallest absolute Gasteiger partial charge is 0.261 e. The van der Waals surface area contributed by atoms with E-state index in [0.29, 0.717) is 17.4 Å². The van der Waals surface area contributed by atoms with Crippen LogP contribution in [0, 0.1) is 0 Å². The van der Waals surface area contributed by atoms with Gasteiger partial charge in [0, 0.05) is 11.0 Å². The van der Waals surface area contributed by atoms with Crippen molar-refractivity contribution in [3.63, 3.8) is 0 Å². The molecule has 1 N–H and O–H groups in total. The molecule has 5 nitrogen and oxygen atoms in total. The van der Waals surface area contributed by atoms with E-state index >= 15 is 0 Å². The lowest BCUT2D eigenvalue weighted by Crippen LogP contribution is -2.33. The second-order valence-corrected chi connectivity index (χ2v) is 6.96. The largest absolute Gasteiger partial charge is 0.354 e. The molecule has 1 amide bonds. The van der Waals surface area contributed by atoms with Crippen LogP contribution in [0.15, 0.2) is 45.4 Å². The van der Waals surface area contributed by atoms with Crippen LogP contribution in [0.4, 0.5) is 0 Å². The highest BCUT2D eigenvalue weighted by atomic mass is 79.9. The fourth-order valence-corrected chi connectivity index (χ4v) is 3.31. The van der Waals surface area contributed by atoms with Crippen molar-refractivity contribution in [1.29, 1.82) is 0 Å². The van der Waals surface area contributed by atoms with Gasteiger partial charge < -0.3 is 5.32 Å². The number of carbonyl (C=O) groups excluding carboxylic acids is 1. The van der Waals surface area contributed by atoms with Crippen molar-refractivity contribution in [2.24, 2.45) is 0 Å². The molecule has 0 unspecified atom stereocenters. The highest BCUT2D eigenvalue weighted by molar-refractivity contribution is 9.10. The van der Waals surface area contributed by atoms with Crippen molar-refractivity contribution in [3.05, 3.63) is 51.0 Å². The van der Waals surface area contributed by atoms with Gasteiger partial charge in [-0.3, -0.25) is 14.2 Å². The van der Waals surface area contributed by atoms with Gasteiger partial charge in [0.15, 0.2) is 0 Å². The van der Waals surface area contributed by atoms with Crippen LogP contribution in [-0.4, -0.2) is 22.0 Å². The van der Waals surface area contributed by atoms with Crippen molar-refractivity contribution in [3.8, 4) is 0 Å². The molecule has 0 radical (unpaired) electrons. The zero-order chi connectivity index (χ0) is 16.9.